The Labute approximate surface area is 147 Å². The third-order valence-electron chi connectivity index (χ3n) is 4.68. The summed E-state index contributed by atoms with van der Waals surface area (Å²) in [5, 5.41) is 6.48. The molecule has 1 aliphatic rings. The Balaban J connectivity index is 1.59. The number of methoxy groups -OCH3 is 1. The van der Waals surface area contributed by atoms with E-state index in [4.69, 9.17) is 9.47 Å². The maximum absolute atomic E-state index is 11.1. The zero-order valence-corrected chi connectivity index (χ0v) is 14.8. The number of hydrogen-bond acceptors (Lipinski definition) is 5. The second kappa shape index (κ2) is 8.16. The van der Waals surface area contributed by atoms with E-state index in [9.17, 15) is 4.79 Å². The van der Waals surface area contributed by atoms with Gasteiger partial charge in [-0.3, -0.25) is 4.79 Å². The van der Waals surface area contributed by atoms with Crippen molar-refractivity contribution in [2.24, 2.45) is 0 Å². The van der Waals surface area contributed by atoms with E-state index in [-0.39, 0.29) is 5.56 Å². The maximum atomic E-state index is 11.1. The summed E-state index contributed by atoms with van der Waals surface area (Å²) in [6.45, 7) is 5.23. The highest BCUT2D eigenvalue weighted by Crippen LogP contribution is 2.31. The quantitative estimate of drug-likeness (QED) is 0.783. The number of benzene rings is 1. The molecule has 0 bridgehead atoms. The van der Waals surface area contributed by atoms with Crippen molar-refractivity contribution in [3.8, 4) is 22.8 Å². The highest BCUT2D eigenvalue weighted by molar-refractivity contribution is 5.63. The van der Waals surface area contributed by atoms with Crippen LogP contribution < -0.4 is 15.0 Å². The van der Waals surface area contributed by atoms with Gasteiger partial charge in [0.25, 0.3) is 5.56 Å². The number of hydrogen-bond donors (Lipinski definition) is 1. The lowest BCUT2D eigenvalue weighted by atomic mass is 10.1. The van der Waals surface area contributed by atoms with Crippen molar-refractivity contribution in [3.63, 3.8) is 0 Å². The molecule has 1 N–H and O–H groups in total. The first-order valence-electron chi connectivity index (χ1n) is 8.78. The standard InChI is InChI=1S/C19H25N3O3/c1-14-5-3-10-22(14)11-4-12-25-17-8-6-15(13-18(17)24-2)16-7-9-19(23)21-20-16/h6-9,13-14H,3-5,10-12H2,1-2H3,(H,21,23)/t14-/m1/s1. The largest absolute Gasteiger partial charge is 0.493 e. The Hall–Kier alpha value is -2.34. The molecule has 3 rings (SSSR count). The van der Waals surface area contributed by atoms with Crippen molar-refractivity contribution in [1.29, 1.82) is 0 Å². The van der Waals surface area contributed by atoms with Gasteiger partial charge in [0.2, 0.25) is 0 Å². The van der Waals surface area contributed by atoms with Gasteiger partial charge in [0.15, 0.2) is 11.5 Å². The minimum Gasteiger partial charge on any atom is -0.493 e. The van der Waals surface area contributed by atoms with Gasteiger partial charge < -0.3 is 14.4 Å². The lowest BCUT2D eigenvalue weighted by molar-refractivity contribution is 0.226. The third-order valence-corrected chi connectivity index (χ3v) is 4.68. The average molecular weight is 343 g/mol. The van der Waals surface area contributed by atoms with Crippen LogP contribution in [0.3, 0.4) is 0 Å². The normalized spacial score (nSPS) is 17.6. The van der Waals surface area contributed by atoms with E-state index in [1.165, 1.54) is 25.5 Å². The number of ether oxygens (including phenoxy) is 2. The fraction of sp³-hybridized carbons (Fsp3) is 0.474. The lowest BCUT2D eigenvalue weighted by Crippen LogP contribution is -2.28. The van der Waals surface area contributed by atoms with Gasteiger partial charge in [0, 0.05) is 24.2 Å². The highest BCUT2D eigenvalue weighted by Gasteiger charge is 2.19. The highest BCUT2D eigenvalue weighted by atomic mass is 16.5. The SMILES string of the molecule is COc1cc(-c2ccc(=O)[nH]n2)ccc1OCCCN1CCC[C@H]1C. The number of nitrogens with one attached hydrogen (secondary N) is 1. The van der Waals surface area contributed by atoms with E-state index in [1.54, 1.807) is 13.2 Å². The van der Waals surface area contributed by atoms with E-state index in [2.05, 4.69) is 22.0 Å². The van der Waals surface area contributed by atoms with Crippen LogP contribution >= 0.6 is 0 Å². The van der Waals surface area contributed by atoms with E-state index >= 15 is 0 Å². The monoisotopic (exact) mass is 343 g/mol. The first-order chi connectivity index (χ1) is 12.2. The zero-order chi connectivity index (χ0) is 17.6. The number of likely N-dealkylation sites (tertiary alicyclic amines) is 1. The van der Waals surface area contributed by atoms with Crippen molar-refractivity contribution in [3.05, 3.63) is 40.7 Å². The van der Waals surface area contributed by atoms with Crippen LogP contribution in [-0.2, 0) is 0 Å². The fourth-order valence-electron chi connectivity index (χ4n) is 3.23. The molecule has 0 amide bonds. The molecule has 1 atom stereocenters. The van der Waals surface area contributed by atoms with Crippen LogP contribution in [0.2, 0.25) is 0 Å². The van der Waals surface area contributed by atoms with Gasteiger partial charge in [-0.15, -0.1) is 0 Å². The summed E-state index contributed by atoms with van der Waals surface area (Å²) in [6.07, 6.45) is 3.60. The molecule has 0 saturated carbocycles. The number of aromatic amines is 1. The minimum atomic E-state index is -0.219. The molecule has 134 valence electrons. The average Bonchev–Trinajstić information content (AvgIpc) is 3.04. The summed E-state index contributed by atoms with van der Waals surface area (Å²) in [5.74, 6) is 1.39. The second-order valence-corrected chi connectivity index (χ2v) is 6.40. The Kier molecular flexibility index (Phi) is 5.71. The van der Waals surface area contributed by atoms with Crippen molar-refractivity contribution in [2.75, 3.05) is 26.8 Å². The maximum Gasteiger partial charge on any atom is 0.264 e. The molecule has 25 heavy (non-hydrogen) atoms. The van der Waals surface area contributed by atoms with Crippen LogP contribution in [0.1, 0.15) is 26.2 Å². The van der Waals surface area contributed by atoms with Gasteiger partial charge in [-0.1, -0.05) is 0 Å². The molecule has 0 spiro atoms. The van der Waals surface area contributed by atoms with Crippen LogP contribution in [0, 0.1) is 0 Å². The zero-order valence-electron chi connectivity index (χ0n) is 14.8. The topological polar surface area (TPSA) is 67.5 Å². The molecular weight excluding hydrogens is 318 g/mol. The molecule has 2 aromatic rings. The van der Waals surface area contributed by atoms with Crippen LogP contribution in [0.5, 0.6) is 11.5 Å². The second-order valence-electron chi connectivity index (χ2n) is 6.40. The molecule has 0 radical (unpaired) electrons. The predicted octanol–water partition coefficient (Wildman–Crippen LogP) is 2.70. The summed E-state index contributed by atoms with van der Waals surface area (Å²) in [4.78, 5) is 13.6. The van der Waals surface area contributed by atoms with Crippen LogP contribution in [-0.4, -0.2) is 47.9 Å². The van der Waals surface area contributed by atoms with Gasteiger partial charge in [-0.2, -0.15) is 5.10 Å². The van der Waals surface area contributed by atoms with Gasteiger partial charge in [-0.05, 0) is 57.0 Å². The molecule has 6 nitrogen and oxygen atoms in total. The smallest absolute Gasteiger partial charge is 0.264 e. The van der Waals surface area contributed by atoms with E-state index < -0.39 is 0 Å². The van der Waals surface area contributed by atoms with Crippen molar-refractivity contribution in [2.45, 2.75) is 32.2 Å². The molecule has 2 heterocycles. The summed E-state index contributed by atoms with van der Waals surface area (Å²) in [6, 6.07) is 9.52. The molecule has 1 fully saturated rings. The van der Waals surface area contributed by atoms with Crippen molar-refractivity contribution in [1.82, 2.24) is 15.1 Å². The van der Waals surface area contributed by atoms with E-state index in [1.807, 2.05) is 18.2 Å². The van der Waals surface area contributed by atoms with Crippen LogP contribution in [0.15, 0.2) is 35.1 Å². The first-order valence-corrected chi connectivity index (χ1v) is 8.78. The van der Waals surface area contributed by atoms with Crippen molar-refractivity contribution >= 4 is 0 Å². The van der Waals surface area contributed by atoms with Gasteiger partial charge in [-0.25, -0.2) is 5.10 Å². The van der Waals surface area contributed by atoms with Crippen LogP contribution in [0.4, 0.5) is 0 Å². The Morgan fingerprint density at radius 3 is 2.84 bits per heavy atom. The molecule has 6 heteroatoms. The molecule has 0 aliphatic carbocycles. The number of nitrogens with zero attached hydrogens (tertiary/aromatic N) is 2. The Morgan fingerprint density at radius 2 is 2.16 bits per heavy atom. The lowest BCUT2D eigenvalue weighted by Gasteiger charge is -2.20. The van der Waals surface area contributed by atoms with Crippen LogP contribution in [0.25, 0.3) is 11.3 Å². The van der Waals surface area contributed by atoms with E-state index in [0.29, 0.717) is 24.1 Å². The van der Waals surface area contributed by atoms with Gasteiger partial charge in [0.1, 0.15) is 0 Å². The molecule has 1 aliphatic heterocycles. The summed E-state index contributed by atoms with van der Waals surface area (Å²) in [5.41, 5.74) is 1.34. The molecule has 1 aromatic heterocycles. The first kappa shape index (κ1) is 17.5. The summed E-state index contributed by atoms with van der Waals surface area (Å²) < 4.78 is 11.3. The molecular formula is C19H25N3O3. The van der Waals surface area contributed by atoms with Crippen molar-refractivity contribution < 1.29 is 9.47 Å². The van der Waals surface area contributed by atoms with Gasteiger partial charge >= 0.3 is 0 Å². The summed E-state index contributed by atoms with van der Waals surface area (Å²) >= 11 is 0. The fourth-order valence-corrected chi connectivity index (χ4v) is 3.23. The number of H-pyrrole nitrogens is 1. The van der Waals surface area contributed by atoms with Gasteiger partial charge in [0.05, 0.1) is 19.4 Å². The third kappa shape index (κ3) is 4.39. The molecule has 1 saturated heterocycles. The number of aromatic nitrogens is 2. The minimum absolute atomic E-state index is 0.219. The molecule has 0 unspecified atom stereocenters. The van der Waals surface area contributed by atoms with E-state index in [0.717, 1.165) is 24.3 Å². The number of rotatable bonds is 7. The predicted molar refractivity (Wildman–Crippen MR) is 97.2 cm³/mol. The molecule has 1 aromatic carbocycles. The summed E-state index contributed by atoms with van der Waals surface area (Å²) in [7, 11) is 1.62. The Morgan fingerprint density at radius 1 is 1.28 bits per heavy atom. The Bertz CT molecular complexity index is 739.